The lowest BCUT2D eigenvalue weighted by molar-refractivity contribution is 0.107. The van der Waals surface area contributed by atoms with E-state index in [1.54, 1.807) is 13.8 Å². The molecule has 0 bridgehead atoms. The molecule has 7 heteroatoms. The molecule has 0 aliphatic carbocycles. The highest BCUT2D eigenvalue weighted by Crippen LogP contribution is 2.31. The van der Waals surface area contributed by atoms with Crippen LogP contribution < -0.4 is 4.74 Å². The summed E-state index contributed by atoms with van der Waals surface area (Å²) in [5.41, 5.74) is 0.979. The Morgan fingerprint density at radius 2 is 1.89 bits per heavy atom. The molecule has 0 aliphatic rings. The van der Waals surface area contributed by atoms with Gasteiger partial charge in [0.05, 0.1) is 12.2 Å². The monoisotopic (exact) mass is 403 g/mol. The molecule has 0 amide bonds. The Morgan fingerprint density at radius 3 is 2.52 bits per heavy atom. The first kappa shape index (κ1) is 19.7. The second-order valence-corrected chi connectivity index (χ2v) is 8.06. The van der Waals surface area contributed by atoms with Crippen molar-refractivity contribution in [3.63, 3.8) is 0 Å². The van der Waals surface area contributed by atoms with Crippen LogP contribution in [0, 0.1) is 0 Å². The Hall–Kier alpha value is -2.02. The van der Waals surface area contributed by atoms with Gasteiger partial charge >= 0.3 is 0 Å². The number of rotatable bonds is 7. The molecule has 142 valence electrons. The third-order valence-electron chi connectivity index (χ3n) is 3.68. The molecule has 0 atom stereocenters. The summed E-state index contributed by atoms with van der Waals surface area (Å²) in [6, 6.07) is 15.3. The molecule has 3 rings (SSSR count). The van der Waals surface area contributed by atoms with Crippen molar-refractivity contribution in [3.8, 4) is 22.8 Å². The van der Waals surface area contributed by atoms with Gasteiger partial charge in [-0.15, -0.1) is 10.2 Å². The van der Waals surface area contributed by atoms with Crippen molar-refractivity contribution >= 4 is 23.4 Å². The second-order valence-electron chi connectivity index (χ2n) is 6.68. The van der Waals surface area contributed by atoms with E-state index in [1.165, 1.54) is 11.8 Å². The van der Waals surface area contributed by atoms with Crippen LogP contribution in [0.25, 0.3) is 17.1 Å². The topological polar surface area (TPSA) is 60.2 Å². The van der Waals surface area contributed by atoms with E-state index in [9.17, 15) is 5.11 Å². The van der Waals surface area contributed by atoms with Crippen LogP contribution in [0.4, 0.5) is 0 Å². The van der Waals surface area contributed by atoms with Crippen LogP contribution in [0.2, 0.25) is 5.02 Å². The summed E-state index contributed by atoms with van der Waals surface area (Å²) in [4.78, 5) is 0. The van der Waals surface area contributed by atoms with Crippen molar-refractivity contribution < 1.29 is 9.84 Å². The van der Waals surface area contributed by atoms with Crippen molar-refractivity contribution in [2.24, 2.45) is 0 Å². The van der Waals surface area contributed by atoms with E-state index in [4.69, 9.17) is 16.3 Å². The van der Waals surface area contributed by atoms with Gasteiger partial charge in [0, 0.05) is 22.0 Å². The molecule has 0 saturated heterocycles. The molecule has 5 nitrogen and oxygen atoms in total. The van der Waals surface area contributed by atoms with Crippen LogP contribution in [-0.2, 0) is 0 Å². The van der Waals surface area contributed by atoms with Crippen LogP contribution in [0.5, 0.6) is 5.75 Å². The minimum Gasteiger partial charge on any atom is -0.494 e. The highest BCUT2D eigenvalue weighted by Gasteiger charge is 2.20. The number of halogens is 1. The number of hydrogen-bond acceptors (Lipinski definition) is 5. The molecule has 1 heterocycles. The molecule has 27 heavy (non-hydrogen) atoms. The van der Waals surface area contributed by atoms with Gasteiger partial charge in [0.15, 0.2) is 11.0 Å². The minimum atomic E-state index is -0.809. The van der Waals surface area contributed by atoms with Gasteiger partial charge in [-0.3, -0.25) is 4.57 Å². The Morgan fingerprint density at radius 1 is 1.15 bits per heavy atom. The van der Waals surface area contributed by atoms with E-state index >= 15 is 0 Å². The Kier molecular flexibility index (Phi) is 6.09. The number of aromatic nitrogens is 3. The average Bonchev–Trinajstić information content (AvgIpc) is 3.04. The molecule has 0 radical (unpaired) electrons. The SMILES string of the molecule is CCOc1ccc(-n2c(SCC(C)(C)O)nnc2-c2cccc(Cl)c2)cc1. The summed E-state index contributed by atoms with van der Waals surface area (Å²) in [5, 5.41) is 20.2. The van der Waals surface area contributed by atoms with Crippen LogP contribution in [-0.4, -0.2) is 37.8 Å². The summed E-state index contributed by atoms with van der Waals surface area (Å²) in [7, 11) is 0. The van der Waals surface area contributed by atoms with Crippen LogP contribution in [0.3, 0.4) is 0 Å². The Bertz CT molecular complexity index is 904. The van der Waals surface area contributed by atoms with Crippen molar-refractivity contribution in [3.05, 3.63) is 53.6 Å². The van der Waals surface area contributed by atoms with E-state index in [-0.39, 0.29) is 0 Å². The van der Waals surface area contributed by atoms with E-state index in [0.29, 0.717) is 28.4 Å². The summed E-state index contributed by atoms with van der Waals surface area (Å²) >= 11 is 7.62. The zero-order valence-electron chi connectivity index (χ0n) is 15.5. The summed E-state index contributed by atoms with van der Waals surface area (Å²) in [5.74, 6) is 2.00. The predicted molar refractivity (Wildman–Crippen MR) is 110 cm³/mol. The number of ether oxygens (including phenoxy) is 1. The molecule has 0 aliphatic heterocycles. The smallest absolute Gasteiger partial charge is 0.196 e. The molecular weight excluding hydrogens is 382 g/mol. The lowest BCUT2D eigenvalue weighted by Gasteiger charge is -2.17. The van der Waals surface area contributed by atoms with Gasteiger partial charge in [-0.2, -0.15) is 0 Å². The maximum Gasteiger partial charge on any atom is 0.196 e. The lowest BCUT2D eigenvalue weighted by atomic mass is 10.2. The Balaban J connectivity index is 2.05. The van der Waals surface area contributed by atoms with Gasteiger partial charge in [0.2, 0.25) is 0 Å². The van der Waals surface area contributed by atoms with E-state index in [0.717, 1.165) is 17.0 Å². The van der Waals surface area contributed by atoms with Gasteiger partial charge in [-0.25, -0.2) is 0 Å². The maximum absolute atomic E-state index is 10.1. The fourth-order valence-corrected chi connectivity index (χ4v) is 3.60. The molecule has 1 aromatic heterocycles. The number of nitrogens with zero attached hydrogens (tertiary/aromatic N) is 3. The van der Waals surface area contributed by atoms with Crippen molar-refractivity contribution in [1.82, 2.24) is 14.8 Å². The highest BCUT2D eigenvalue weighted by molar-refractivity contribution is 7.99. The molecule has 0 unspecified atom stereocenters. The van der Waals surface area contributed by atoms with Crippen molar-refractivity contribution in [1.29, 1.82) is 0 Å². The van der Waals surface area contributed by atoms with Gasteiger partial charge in [0.1, 0.15) is 5.75 Å². The minimum absolute atomic E-state index is 0.498. The summed E-state index contributed by atoms with van der Waals surface area (Å²) in [6.45, 7) is 6.12. The van der Waals surface area contributed by atoms with Crippen molar-refractivity contribution in [2.75, 3.05) is 12.4 Å². The fourth-order valence-electron chi connectivity index (χ4n) is 2.51. The molecule has 0 spiro atoms. The lowest BCUT2D eigenvalue weighted by Crippen LogP contribution is -2.22. The van der Waals surface area contributed by atoms with Gasteiger partial charge in [0.25, 0.3) is 0 Å². The normalized spacial score (nSPS) is 11.6. The highest BCUT2D eigenvalue weighted by atomic mass is 35.5. The standard InChI is InChI=1S/C20H22ClN3O2S/c1-4-26-17-10-8-16(9-11-17)24-18(14-6-5-7-15(21)12-14)22-23-19(24)27-13-20(2,3)25/h5-12,25H,4,13H2,1-3H3. The zero-order valence-corrected chi connectivity index (χ0v) is 17.1. The van der Waals surface area contributed by atoms with E-state index in [2.05, 4.69) is 10.2 Å². The summed E-state index contributed by atoms with van der Waals surface area (Å²) in [6.07, 6.45) is 0. The number of benzene rings is 2. The average molecular weight is 404 g/mol. The molecule has 3 aromatic rings. The van der Waals surface area contributed by atoms with Crippen LogP contribution in [0.1, 0.15) is 20.8 Å². The van der Waals surface area contributed by atoms with E-state index < -0.39 is 5.60 Å². The maximum atomic E-state index is 10.1. The molecular formula is C20H22ClN3O2S. The third kappa shape index (κ3) is 5.03. The molecule has 2 aromatic carbocycles. The molecule has 1 N–H and O–H groups in total. The number of aliphatic hydroxyl groups is 1. The van der Waals surface area contributed by atoms with Crippen LogP contribution in [0.15, 0.2) is 53.7 Å². The van der Waals surface area contributed by atoms with Gasteiger partial charge in [-0.05, 0) is 57.2 Å². The van der Waals surface area contributed by atoms with E-state index in [1.807, 2.05) is 60.0 Å². The van der Waals surface area contributed by atoms with Crippen LogP contribution >= 0.6 is 23.4 Å². The number of hydrogen-bond donors (Lipinski definition) is 1. The number of thioether (sulfide) groups is 1. The molecule has 0 fully saturated rings. The molecule has 0 saturated carbocycles. The second kappa shape index (κ2) is 8.33. The summed E-state index contributed by atoms with van der Waals surface area (Å²) < 4.78 is 7.51. The first-order valence-electron chi connectivity index (χ1n) is 8.67. The third-order valence-corrected chi connectivity index (χ3v) is 5.28. The van der Waals surface area contributed by atoms with Gasteiger partial charge in [-0.1, -0.05) is 35.5 Å². The van der Waals surface area contributed by atoms with Gasteiger partial charge < -0.3 is 9.84 Å². The first-order chi connectivity index (χ1) is 12.9. The quantitative estimate of drug-likeness (QED) is 0.571. The van der Waals surface area contributed by atoms with Crippen molar-refractivity contribution in [2.45, 2.75) is 31.5 Å². The largest absolute Gasteiger partial charge is 0.494 e. The predicted octanol–water partition coefficient (Wildman–Crippen LogP) is 4.85. The fraction of sp³-hybridized carbons (Fsp3) is 0.300. The zero-order chi connectivity index (χ0) is 19.4. The first-order valence-corrected chi connectivity index (χ1v) is 10.0. The Labute approximate surface area is 168 Å².